The predicted octanol–water partition coefficient (Wildman–Crippen LogP) is 1.40. The van der Waals surface area contributed by atoms with E-state index in [0.29, 0.717) is 0 Å². The van der Waals surface area contributed by atoms with Gasteiger partial charge in [0, 0.05) is 26.4 Å². The summed E-state index contributed by atoms with van der Waals surface area (Å²) < 4.78 is 7.54. The van der Waals surface area contributed by atoms with Crippen LogP contribution >= 0.6 is 0 Å². The molecule has 0 amide bonds. The number of ether oxygens (including phenoxy) is 1. The summed E-state index contributed by atoms with van der Waals surface area (Å²) in [5.41, 5.74) is 0.229. The van der Waals surface area contributed by atoms with Gasteiger partial charge in [-0.3, -0.25) is 9.36 Å². The van der Waals surface area contributed by atoms with Crippen molar-refractivity contribution in [2.24, 2.45) is 14.1 Å². The van der Waals surface area contributed by atoms with Crippen molar-refractivity contribution in [3.63, 3.8) is 0 Å². The summed E-state index contributed by atoms with van der Waals surface area (Å²) in [5, 5.41) is 0. The van der Waals surface area contributed by atoms with Crippen LogP contribution in [0.25, 0.3) is 6.08 Å². The zero-order valence-corrected chi connectivity index (χ0v) is 13.2. The number of aryl methyl sites for hydroxylation is 1. The van der Waals surface area contributed by atoms with E-state index in [-0.39, 0.29) is 5.56 Å². The Balaban J connectivity index is 2.13. The van der Waals surface area contributed by atoms with Gasteiger partial charge in [0.2, 0.25) is 0 Å². The van der Waals surface area contributed by atoms with E-state index in [1.807, 2.05) is 30.3 Å². The van der Waals surface area contributed by atoms with Crippen molar-refractivity contribution < 1.29 is 9.53 Å². The van der Waals surface area contributed by atoms with Gasteiger partial charge >= 0.3 is 11.7 Å². The third-order valence-corrected chi connectivity index (χ3v) is 3.43. The number of rotatable bonds is 4. The highest BCUT2D eigenvalue weighted by molar-refractivity contribution is 5.87. The predicted molar refractivity (Wildman–Crippen MR) is 86.9 cm³/mol. The molecule has 1 aromatic carbocycles. The van der Waals surface area contributed by atoms with Crippen molar-refractivity contribution in [3.05, 3.63) is 74.6 Å². The van der Waals surface area contributed by atoms with Gasteiger partial charge in [0.25, 0.3) is 5.56 Å². The van der Waals surface area contributed by atoms with Gasteiger partial charge in [-0.25, -0.2) is 9.59 Å². The molecule has 0 spiro atoms. The number of hydrogen-bond donors (Lipinski definition) is 0. The van der Waals surface area contributed by atoms with Crippen LogP contribution in [0.2, 0.25) is 0 Å². The van der Waals surface area contributed by atoms with Gasteiger partial charge < -0.3 is 9.30 Å². The minimum atomic E-state index is -0.558. The molecule has 1 aromatic heterocycles. The SMILES string of the molecule is CC(OC(=O)/C=C/c1cn(C)c(=O)n(C)c1=O)c1ccccc1. The third kappa shape index (κ3) is 3.85. The maximum absolute atomic E-state index is 11.9. The fraction of sp³-hybridized carbons (Fsp3) is 0.235. The second-order valence-corrected chi connectivity index (χ2v) is 5.17. The highest BCUT2D eigenvalue weighted by Gasteiger charge is 2.09. The molecule has 0 saturated heterocycles. The van der Waals surface area contributed by atoms with Crippen LogP contribution in [0.4, 0.5) is 0 Å². The second kappa shape index (κ2) is 6.91. The summed E-state index contributed by atoms with van der Waals surface area (Å²) >= 11 is 0. The zero-order chi connectivity index (χ0) is 17.0. The Hall–Kier alpha value is -2.89. The third-order valence-electron chi connectivity index (χ3n) is 3.43. The van der Waals surface area contributed by atoms with Crippen LogP contribution in [0.5, 0.6) is 0 Å². The molecule has 0 aliphatic heterocycles. The quantitative estimate of drug-likeness (QED) is 0.632. The molecule has 23 heavy (non-hydrogen) atoms. The van der Waals surface area contributed by atoms with Gasteiger partial charge in [-0.15, -0.1) is 0 Å². The summed E-state index contributed by atoms with van der Waals surface area (Å²) in [5.74, 6) is -0.558. The lowest BCUT2D eigenvalue weighted by atomic mass is 10.1. The van der Waals surface area contributed by atoms with Gasteiger partial charge in [0.05, 0.1) is 5.56 Å². The molecule has 1 atom stereocenters. The van der Waals surface area contributed by atoms with Crippen molar-refractivity contribution in [1.82, 2.24) is 9.13 Å². The van der Waals surface area contributed by atoms with Crippen LogP contribution in [0.3, 0.4) is 0 Å². The Labute approximate surface area is 133 Å². The Morgan fingerprint density at radius 2 is 1.83 bits per heavy atom. The van der Waals surface area contributed by atoms with E-state index in [0.717, 1.165) is 10.1 Å². The molecule has 120 valence electrons. The molecular weight excluding hydrogens is 296 g/mol. The molecule has 0 N–H and O–H groups in total. The molecule has 0 radical (unpaired) electrons. The first-order chi connectivity index (χ1) is 10.9. The van der Waals surface area contributed by atoms with Crippen LogP contribution < -0.4 is 11.2 Å². The smallest absolute Gasteiger partial charge is 0.331 e. The van der Waals surface area contributed by atoms with Crippen LogP contribution in [0, 0.1) is 0 Å². The van der Waals surface area contributed by atoms with Crippen molar-refractivity contribution in [2.45, 2.75) is 13.0 Å². The van der Waals surface area contributed by atoms with Gasteiger partial charge in [-0.2, -0.15) is 0 Å². The normalized spacial score (nSPS) is 12.3. The molecule has 6 nitrogen and oxygen atoms in total. The minimum absolute atomic E-state index is 0.235. The Kier molecular flexibility index (Phi) is 4.95. The Bertz CT molecular complexity index is 847. The number of carbonyl (C=O) groups is 1. The summed E-state index contributed by atoms with van der Waals surface area (Å²) in [4.78, 5) is 35.4. The van der Waals surface area contributed by atoms with Crippen molar-refractivity contribution in [3.8, 4) is 0 Å². The first-order valence-electron chi connectivity index (χ1n) is 7.10. The lowest BCUT2D eigenvalue weighted by molar-refractivity contribution is -0.142. The molecule has 6 heteroatoms. The average Bonchev–Trinajstić information content (AvgIpc) is 2.55. The van der Waals surface area contributed by atoms with Crippen molar-refractivity contribution >= 4 is 12.0 Å². The monoisotopic (exact) mass is 314 g/mol. The molecule has 2 rings (SSSR count). The molecule has 0 fully saturated rings. The van der Waals surface area contributed by atoms with Crippen LogP contribution in [0.1, 0.15) is 24.2 Å². The minimum Gasteiger partial charge on any atom is -0.455 e. The van der Waals surface area contributed by atoms with Gasteiger partial charge in [-0.05, 0) is 18.6 Å². The summed E-state index contributed by atoms with van der Waals surface area (Å²) in [6.07, 6.45) is 3.52. The number of benzene rings is 1. The van der Waals surface area contributed by atoms with Crippen molar-refractivity contribution in [2.75, 3.05) is 0 Å². The van der Waals surface area contributed by atoms with Crippen LogP contribution in [-0.2, 0) is 23.6 Å². The second-order valence-electron chi connectivity index (χ2n) is 5.17. The van der Waals surface area contributed by atoms with E-state index in [4.69, 9.17) is 4.74 Å². The van der Waals surface area contributed by atoms with Crippen LogP contribution in [0.15, 0.2) is 52.2 Å². The van der Waals surface area contributed by atoms with Crippen molar-refractivity contribution in [1.29, 1.82) is 0 Å². The summed E-state index contributed by atoms with van der Waals surface area (Å²) in [6.45, 7) is 1.77. The van der Waals surface area contributed by atoms with Gasteiger partial charge in [-0.1, -0.05) is 30.3 Å². The first-order valence-corrected chi connectivity index (χ1v) is 7.10. The summed E-state index contributed by atoms with van der Waals surface area (Å²) in [7, 11) is 2.92. The zero-order valence-electron chi connectivity index (χ0n) is 13.2. The highest BCUT2D eigenvalue weighted by Crippen LogP contribution is 2.16. The molecule has 2 aromatic rings. The lowest BCUT2D eigenvalue weighted by Gasteiger charge is -2.11. The molecule has 0 saturated carbocycles. The van der Waals surface area contributed by atoms with E-state index >= 15 is 0 Å². The van der Waals surface area contributed by atoms with Gasteiger partial charge in [0.15, 0.2) is 0 Å². The largest absolute Gasteiger partial charge is 0.455 e. The van der Waals surface area contributed by atoms with Gasteiger partial charge in [0.1, 0.15) is 6.10 Å². The number of esters is 1. The fourth-order valence-corrected chi connectivity index (χ4v) is 2.11. The van der Waals surface area contributed by atoms with E-state index in [1.165, 1.54) is 37.0 Å². The fourth-order valence-electron chi connectivity index (χ4n) is 2.11. The number of aromatic nitrogens is 2. The Morgan fingerprint density at radius 1 is 1.17 bits per heavy atom. The molecular formula is C17H18N2O4. The lowest BCUT2D eigenvalue weighted by Crippen LogP contribution is -2.37. The number of nitrogens with zero attached hydrogens (tertiary/aromatic N) is 2. The number of hydrogen-bond acceptors (Lipinski definition) is 4. The van der Waals surface area contributed by atoms with E-state index in [2.05, 4.69) is 0 Å². The maximum Gasteiger partial charge on any atom is 0.331 e. The Morgan fingerprint density at radius 3 is 2.48 bits per heavy atom. The molecule has 1 heterocycles. The molecule has 0 aliphatic carbocycles. The van der Waals surface area contributed by atoms with E-state index < -0.39 is 23.3 Å². The topological polar surface area (TPSA) is 70.3 Å². The average molecular weight is 314 g/mol. The molecule has 0 aliphatic rings. The summed E-state index contributed by atoms with van der Waals surface area (Å²) in [6, 6.07) is 9.34. The van der Waals surface area contributed by atoms with Crippen LogP contribution in [-0.4, -0.2) is 15.1 Å². The highest BCUT2D eigenvalue weighted by atomic mass is 16.5. The first kappa shape index (κ1) is 16.5. The van der Waals surface area contributed by atoms with E-state index in [1.54, 1.807) is 6.92 Å². The molecule has 1 unspecified atom stereocenters. The molecule has 0 bridgehead atoms. The maximum atomic E-state index is 11.9. The number of carbonyl (C=O) groups excluding carboxylic acids is 1. The van der Waals surface area contributed by atoms with E-state index in [9.17, 15) is 14.4 Å². The standard InChI is InChI=1S/C17H18N2O4/c1-12(13-7-5-4-6-8-13)23-15(20)10-9-14-11-18(2)17(22)19(3)16(14)21/h4-12H,1-3H3/b10-9+.